The Morgan fingerprint density at radius 3 is 2.75 bits per heavy atom. The number of nitrogens with one attached hydrogen (secondary N) is 1. The molecule has 0 aromatic heterocycles. The van der Waals surface area contributed by atoms with Crippen LogP contribution in [-0.4, -0.2) is 35.5 Å². The standard InChI is InChI=1S/C13H8Br3N3O4S/c1-23-9(20)3-8-12(22)18-13(24-8)19-17-4-5-6(14)2-7(15)11(21)10(5)16/h2-4,21H,1H3,(H,18,19,22)/b8-3+,17-4?. The molecule has 2 rings (SSSR count). The maximum Gasteiger partial charge on any atom is 0.331 e. The molecule has 1 aliphatic heterocycles. The summed E-state index contributed by atoms with van der Waals surface area (Å²) in [5.41, 5.74) is 0.569. The number of ether oxygens (including phenoxy) is 1. The Hall–Kier alpha value is -1.17. The summed E-state index contributed by atoms with van der Waals surface area (Å²) in [5, 5.41) is 20.3. The summed E-state index contributed by atoms with van der Waals surface area (Å²) in [6.45, 7) is 0. The van der Waals surface area contributed by atoms with Gasteiger partial charge in [-0.3, -0.25) is 10.1 Å². The van der Waals surface area contributed by atoms with Crippen LogP contribution in [0.3, 0.4) is 0 Å². The van der Waals surface area contributed by atoms with E-state index in [2.05, 4.69) is 68.0 Å². The monoisotopic (exact) mass is 539 g/mol. The van der Waals surface area contributed by atoms with E-state index in [1.54, 1.807) is 6.07 Å². The lowest BCUT2D eigenvalue weighted by atomic mass is 10.2. The highest BCUT2D eigenvalue weighted by molar-refractivity contribution is 9.11. The van der Waals surface area contributed by atoms with Crippen LogP contribution in [0.15, 0.2) is 40.7 Å². The third-order valence-corrected chi connectivity index (χ3v) is 5.58. The first-order valence-electron chi connectivity index (χ1n) is 6.09. The van der Waals surface area contributed by atoms with Crippen LogP contribution in [0.1, 0.15) is 5.56 Å². The van der Waals surface area contributed by atoms with Crippen LogP contribution < -0.4 is 5.32 Å². The smallest absolute Gasteiger partial charge is 0.331 e. The van der Waals surface area contributed by atoms with Crippen LogP contribution in [0.25, 0.3) is 0 Å². The minimum atomic E-state index is -0.629. The minimum absolute atomic E-state index is 0.0270. The molecule has 0 radical (unpaired) electrons. The van der Waals surface area contributed by atoms with E-state index in [-0.39, 0.29) is 15.8 Å². The molecule has 0 unspecified atom stereocenters. The average Bonchev–Trinajstić information content (AvgIpc) is 2.88. The van der Waals surface area contributed by atoms with E-state index in [0.29, 0.717) is 19.0 Å². The lowest BCUT2D eigenvalue weighted by Gasteiger charge is -2.06. The molecular weight excluding hydrogens is 534 g/mol. The van der Waals surface area contributed by atoms with Crippen LogP contribution in [0.2, 0.25) is 0 Å². The quantitative estimate of drug-likeness (QED) is 0.265. The van der Waals surface area contributed by atoms with Gasteiger partial charge in [-0.25, -0.2) is 4.79 Å². The molecule has 1 aromatic rings. The third-order valence-electron chi connectivity index (χ3n) is 2.62. The lowest BCUT2D eigenvalue weighted by molar-refractivity contribution is -0.135. The second-order valence-corrected chi connectivity index (χ2v) is 7.69. The van der Waals surface area contributed by atoms with E-state index < -0.39 is 11.9 Å². The van der Waals surface area contributed by atoms with Gasteiger partial charge in [-0.15, -0.1) is 5.10 Å². The molecule has 0 spiro atoms. The fraction of sp³-hybridized carbons (Fsp3) is 0.0769. The van der Waals surface area contributed by atoms with Crippen molar-refractivity contribution in [1.29, 1.82) is 0 Å². The largest absolute Gasteiger partial charge is 0.506 e. The number of thioether (sulfide) groups is 1. The summed E-state index contributed by atoms with van der Waals surface area (Å²) in [7, 11) is 1.22. The number of esters is 1. The van der Waals surface area contributed by atoms with Crippen LogP contribution in [-0.2, 0) is 14.3 Å². The van der Waals surface area contributed by atoms with Gasteiger partial charge in [-0.05, 0) is 49.7 Å². The highest BCUT2D eigenvalue weighted by atomic mass is 79.9. The number of aromatic hydroxyl groups is 1. The first-order valence-corrected chi connectivity index (χ1v) is 9.29. The highest BCUT2D eigenvalue weighted by Crippen LogP contribution is 2.38. The van der Waals surface area contributed by atoms with E-state index in [4.69, 9.17) is 0 Å². The van der Waals surface area contributed by atoms with Gasteiger partial charge in [0.05, 0.1) is 27.2 Å². The topological polar surface area (TPSA) is 100 Å². The van der Waals surface area contributed by atoms with Gasteiger partial charge in [0.15, 0.2) is 5.17 Å². The van der Waals surface area contributed by atoms with Gasteiger partial charge in [0.2, 0.25) is 0 Å². The van der Waals surface area contributed by atoms with E-state index in [0.717, 1.165) is 17.8 Å². The maximum absolute atomic E-state index is 11.7. The molecule has 1 heterocycles. The summed E-state index contributed by atoms with van der Waals surface area (Å²) in [5.74, 6) is -1.06. The number of carbonyl (C=O) groups is 2. The zero-order valence-electron chi connectivity index (χ0n) is 11.8. The van der Waals surface area contributed by atoms with Gasteiger partial charge in [0.25, 0.3) is 5.91 Å². The normalized spacial score (nSPS) is 17.8. The van der Waals surface area contributed by atoms with Crippen LogP contribution in [0.4, 0.5) is 0 Å². The maximum atomic E-state index is 11.7. The van der Waals surface area contributed by atoms with Crippen molar-refractivity contribution in [3.63, 3.8) is 0 Å². The Morgan fingerprint density at radius 1 is 1.38 bits per heavy atom. The molecule has 24 heavy (non-hydrogen) atoms. The van der Waals surface area contributed by atoms with Crippen molar-refractivity contribution in [3.05, 3.63) is 36.0 Å². The Kier molecular flexibility index (Phi) is 6.61. The van der Waals surface area contributed by atoms with Gasteiger partial charge in [0.1, 0.15) is 5.75 Å². The molecule has 2 N–H and O–H groups in total. The number of benzene rings is 1. The fourth-order valence-corrected chi connectivity index (χ4v) is 4.56. The number of halogens is 3. The van der Waals surface area contributed by atoms with Crippen molar-refractivity contribution >= 4 is 82.8 Å². The van der Waals surface area contributed by atoms with E-state index >= 15 is 0 Å². The molecule has 11 heteroatoms. The summed E-state index contributed by atoms with van der Waals surface area (Å²) < 4.78 is 6.09. The lowest BCUT2D eigenvalue weighted by Crippen LogP contribution is -2.19. The van der Waals surface area contributed by atoms with Crippen LogP contribution in [0.5, 0.6) is 5.75 Å². The van der Waals surface area contributed by atoms with Crippen molar-refractivity contribution in [3.8, 4) is 5.75 Å². The first kappa shape index (κ1) is 19.2. The van der Waals surface area contributed by atoms with Crippen molar-refractivity contribution in [1.82, 2.24) is 5.32 Å². The molecule has 0 saturated carbocycles. The Balaban J connectivity index is 2.19. The SMILES string of the molecule is COC(=O)/C=C1/S/C(=N\N=Cc2c(Br)cc(Br)c(O)c2Br)NC1=O. The van der Waals surface area contributed by atoms with Gasteiger partial charge in [-0.1, -0.05) is 15.9 Å². The number of hydrogen-bond donors (Lipinski definition) is 2. The summed E-state index contributed by atoms with van der Waals surface area (Å²) in [6, 6.07) is 1.66. The molecule has 0 bridgehead atoms. The number of phenolic OH excluding ortho intramolecular Hbond substituents is 1. The number of rotatable bonds is 3. The van der Waals surface area contributed by atoms with Gasteiger partial charge in [0, 0.05) is 16.1 Å². The fourth-order valence-electron chi connectivity index (χ4n) is 1.49. The number of amidine groups is 1. The summed E-state index contributed by atoms with van der Waals surface area (Å²) >= 11 is 10.8. The summed E-state index contributed by atoms with van der Waals surface area (Å²) in [6.07, 6.45) is 2.48. The number of hydrogen-bond acceptors (Lipinski definition) is 7. The van der Waals surface area contributed by atoms with E-state index in [1.165, 1.54) is 13.3 Å². The molecule has 1 saturated heterocycles. The second-order valence-electron chi connectivity index (χ2n) is 4.15. The number of phenols is 1. The van der Waals surface area contributed by atoms with Crippen LogP contribution >= 0.6 is 59.6 Å². The van der Waals surface area contributed by atoms with Crippen molar-refractivity contribution < 1.29 is 19.4 Å². The number of nitrogens with zero attached hydrogens (tertiary/aromatic N) is 2. The highest BCUT2D eigenvalue weighted by Gasteiger charge is 2.25. The molecule has 1 aromatic carbocycles. The predicted octanol–water partition coefficient (Wildman–Crippen LogP) is 3.29. The molecule has 0 atom stereocenters. The molecule has 0 aliphatic carbocycles. The third kappa shape index (κ3) is 4.47. The Morgan fingerprint density at radius 2 is 2.08 bits per heavy atom. The van der Waals surface area contributed by atoms with E-state index in [9.17, 15) is 14.7 Å². The van der Waals surface area contributed by atoms with Gasteiger partial charge < -0.3 is 9.84 Å². The molecule has 1 amide bonds. The predicted molar refractivity (Wildman–Crippen MR) is 102 cm³/mol. The van der Waals surface area contributed by atoms with Gasteiger partial charge in [-0.2, -0.15) is 5.10 Å². The zero-order chi connectivity index (χ0) is 17.9. The van der Waals surface area contributed by atoms with Crippen LogP contribution in [0, 0.1) is 0 Å². The number of carbonyl (C=O) groups excluding carboxylic acids is 2. The molecule has 7 nitrogen and oxygen atoms in total. The second kappa shape index (κ2) is 8.28. The Bertz CT molecular complexity index is 808. The van der Waals surface area contributed by atoms with Crippen molar-refractivity contribution in [2.24, 2.45) is 10.2 Å². The van der Waals surface area contributed by atoms with Gasteiger partial charge >= 0.3 is 5.97 Å². The number of amides is 1. The van der Waals surface area contributed by atoms with Crippen molar-refractivity contribution in [2.45, 2.75) is 0 Å². The van der Waals surface area contributed by atoms with Crippen molar-refractivity contribution in [2.75, 3.05) is 7.11 Å². The summed E-state index contributed by atoms with van der Waals surface area (Å²) in [4.78, 5) is 23.0. The Labute approximate surface area is 166 Å². The molecule has 1 fully saturated rings. The minimum Gasteiger partial charge on any atom is -0.506 e. The first-order chi connectivity index (χ1) is 11.3. The van der Waals surface area contributed by atoms with E-state index in [1.807, 2.05) is 0 Å². The molecule has 1 aliphatic rings. The number of methoxy groups -OCH3 is 1. The molecular formula is C13H8Br3N3O4S. The zero-order valence-corrected chi connectivity index (χ0v) is 17.4. The molecule has 126 valence electrons. The average molecular weight is 542 g/mol.